The standard InChI is InChI=1S/C15H15ClFNO2S/c1-9-6-10(2)15(11(3)7-9)21(19,20)18-12-4-5-14(17)13(16)8-12/h4-8,18H,1-3H3. The largest absolute Gasteiger partial charge is 0.280 e. The molecule has 2 aromatic carbocycles. The van der Waals surface area contributed by atoms with Crippen LogP contribution in [0, 0.1) is 26.6 Å². The SMILES string of the molecule is Cc1cc(C)c(S(=O)(=O)Nc2ccc(F)c(Cl)c2)c(C)c1. The number of benzene rings is 2. The lowest BCUT2D eigenvalue weighted by Crippen LogP contribution is -2.16. The van der Waals surface area contributed by atoms with E-state index in [1.807, 2.05) is 6.92 Å². The number of nitrogens with one attached hydrogen (secondary N) is 1. The molecule has 0 heterocycles. The van der Waals surface area contributed by atoms with Gasteiger partial charge in [0, 0.05) is 0 Å². The molecule has 0 unspecified atom stereocenters. The Morgan fingerprint density at radius 2 is 1.62 bits per heavy atom. The molecule has 0 aliphatic carbocycles. The van der Waals surface area contributed by atoms with Gasteiger partial charge in [0.1, 0.15) is 5.82 Å². The third-order valence-corrected chi connectivity index (χ3v) is 5.02. The zero-order valence-electron chi connectivity index (χ0n) is 11.9. The van der Waals surface area contributed by atoms with Gasteiger partial charge >= 0.3 is 0 Å². The Morgan fingerprint density at radius 3 is 2.14 bits per heavy atom. The van der Waals surface area contributed by atoms with Gasteiger partial charge in [0.05, 0.1) is 15.6 Å². The molecule has 6 heteroatoms. The smallest absolute Gasteiger partial charge is 0.262 e. The molecule has 0 radical (unpaired) electrons. The second-order valence-corrected chi connectivity index (χ2v) is 6.99. The molecule has 2 rings (SSSR count). The third kappa shape index (κ3) is 3.36. The maximum absolute atomic E-state index is 13.1. The van der Waals surface area contributed by atoms with Crippen molar-refractivity contribution in [1.29, 1.82) is 0 Å². The number of aryl methyl sites for hydroxylation is 3. The molecule has 0 aromatic heterocycles. The highest BCUT2D eigenvalue weighted by molar-refractivity contribution is 7.92. The van der Waals surface area contributed by atoms with Crippen LogP contribution in [0.25, 0.3) is 0 Å². The quantitative estimate of drug-likeness (QED) is 0.918. The minimum Gasteiger partial charge on any atom is -0.280 e. The molecule has 0 aliphatic heterocycles. The molecule has 0 saturated carbocycles. The number of rotatable bonds is 3. The first kappa shape index (κ1) is 15.8. The van der Waals surface area contributed by atoms with Crippen LogP contribution >= 0.6 is 11.6 Å². The molecule has 0 saturated heterocycles. The minimum atomic E-state index is -3.75. The van der Waals surface area contributed by atoms with E-state index in [9.17, 15) is 12.8 Å². The van der Waals surface area contributed by atoms with E-state index in [1.165, 1.54) is 12.1 Å². The van der Waals surface area contributed by atoms with Crippen molar-refractivity contribution >= 4 is 27.3 Å². The van der Waals surface area contributed by atoms with Gasteiger partial charge in [-0.3, -0.25) is 4.72 Å². The number of halogens is 2. The first-order valence-corrected chi connectivity index (χ1v) is 8.12. The predicted molar refractivity (Wildman–Crippen MR) is 82.9 cm³/mol. The number of sulfonamides is 1. The fourth-order valence-electron chi connectivity index (χ4n) is 2.36. The fourth-order valence-corrected chi connectivity index (χ4v) is 4.04. The summed E-state index contributed by atoms with van der Waals surface area (Å²) in [6, 6.07) is 7.30. The molecule has 0 aliphatic rings. The van der Waals surface area contributed by atoms with Crippen molar-refractivity contribution in [2.24, 2.45) is 0 Å². The average Bonchev–Trinajstić information content (AvgIpc) is 2.31. The van der Waals surface area contributed by atoms with E-state index in [-0.39, 0.29) is 15.6 Å². The van der Waals surface area contributed by atoms with Crippen LogP contribution in [0.2, 0.25) is 5.02 Å². The maximum Gasteiger partial charge on any atom is 0.262 e. The first-order valence-electron chi connectivity index (χ1n) is 6.26. The van der Waals surface area contributed by atoms with Gasteiger partial charge in [-0.15, -0.1) is 0 Å². The van der Waals surface area contributed by atoms with Crippen molar-refractivity contribution < 1.29 is 12.8 Å². The van der Waals surface area contributed by atoms with Gasteiger partial charge in [-0.1, -0.05) is 29.3 Å². The van der Waals surface area contributed by atoms with Crippen molar-refractivity contribution in [3.63, 3.8) is 0 Å². The summed E-state index contributed by atoms with van der Waals surface area (Å²) in [5.41, 5.74) is 2.54. The summed E-state index contributed by atoms with van der Waals surface area (Å²) in [6.45, 7) is 5.39. The highest BCUT2D eigenvalue weighted by atomic mass is 35.5. The van der Waals surface area contributed by atoms with Crippen molar-refractivity contribution in [3.05, 3.63) is 57.9 Å². The zero-order valence-corrected chi connectivity index (χ0v) is 13.4. The first-order chi connectivity index (χ1) is 9.70. The summed E-state index contributed by atoms with van der Waals surface area (Å²) >= 11 is 5.66. The summed E-state index contributed by atoms with van der Waals surface area (Å²) in [5.74, 6) is -0.595. The second kappa shape index (κ2) is 5.66. The van der Waals surface area contributed by atoms with Crippen molar-refractivity contribution in [2.45, 2.75) is 25.7 Å². The van der Waals surface area contributed by atoms with Crippen molar-refractivity contribution in [1.82, 2.24) is 0 Å². The van der Waals surface area contributed by atoms with Crippen LogP contribution in [0.4, 0.5) is 10.1 Å². The number of hydrogen-bond acceptors (Lipinski definition) is 2. The summed E-state index contributed by atoms with van der Waals surface area (Å²) in [7, 11) is -3.75. The van der Waals surface area contributed by atoms with Crippen LogP contribution in [0.1, 0.15) is 16.7 Å². The van der Waals surface area contributed by atoms with Crippen LogP contribution in [0.15, 0.2) is 35.2 Å². The molecular weight excluding hydrogens is 313 g/mol. The van der Waals surface area contributed by atoms with E-state index < -0.39 is 15.8 Å². The van der Waals surface area contributed by atoms with Crippen LogP contribution in [0.3, 0.4) is 0 Å². The summed E-state index contributed by atoms with van der Waals surface area (Å²) < 4.78 is 40.5. The molecule has 0 spiro atoms. The maximum atomic E-state index is 13.1. The Morgan fingerprint density at radius 1 is 1.05 bits per heavy atom. The molecule has 2 aromatic rings. The summed E-state index contributed by atoms with van der Waals surface area (Å²) in [4.78, 5) is 0.230. The Hall–Kier alpha value is -1.59. The Bertz CT molecular complexity index is 780. The van der Waals surface area contributed by atoms with Crippen LogP contribution in [-0.4, -0.2) is 8.42 Å². The molecule has 0 atom stereocenters. The van der Waals surface area contributed by atoms with E-state index in [0.717, 1.165) is 11.6 Å². The fraction of sp³-hybridized carbons (Fsp3) is 0.200. The van der Waals surface area contributed by atoms with Gasteiger partial charge in [0.2, 0.25) is 0 Å². The molecule has 112 valence electrons. The number of anilines is 1. The normalized spacial score (nSPS) is 11.5. The second-order valence-electron chi connectivity index (χ2n) is 4.96. The molecule has 0 bridgehead atoms. The number of hydrogen-bond donors (Lipinski definition) is 1. The van der Waals surface area contributed by atoms with Gasteiger partial charge in [0.25, 0.3) is 10.0 Å². The lowest BCUT2D eigenvalue weighted by molar-refractivity contribution is 0.599. The molecule has 1 N–H and O–H groups in total. The topological polar surface area (TPSA) is 46.2 Å². The molecule has 0 fully saturated rings. The molecule has 0 amide bonds. The highest BCUT2D eigenvalue weighted by Crippen LogP contribution is 2.26. The van der Waals surface area contributed by atoms with E-state index in [1.54, 1.807) is 26.0 Å². The van der Waals surface area contributed by atoms with Gasteiger partial charge in [-0.2, -0.15) is 0 Å². The van der Waals surface area contributed by atoms with Gasteiger partial charge in [0.15, 0.2) is 0 Å². The minimum absolute atomic E-state index is 0.132. The summed E-state index contributed by atoms with van der Waals surface area (Å²) in [5, 5.41) is -0.132. The zero-order chi connectivity index (χ0) is 15.8. The third-order valence-electron chi connectivity index (χ3n) is 3.05. The Labute approximate surface area is 128 Å². The van der Waals surface area contributed by atoms with Gasteiger partial charge < -0.3 is 0 Å². The Balaban J connectivity index is 2.46. The van der Waals surface area contributed by atoms with E-state index >= 15 is 0 Å². The Kier molecular flexibility index (Phi) is 4.25. The van der Waals surface area contributed by atoms with Crippen molar-refractivity contribution in [2.75, 3.05) is 4.72 Å². The van der Waals surface area contributed by atoms with Crippen molar-refractivity contribution in [3.8, 4) is 0 Å². The molecular formula is C15H15ClFNO2S. The average molecular weight is 328 g/mol. The molecule has 3 nitrogen and oxygen atoms in total. The lowest BCUT2D eigenvalue weighted by atomic mass is 10.1. The summed E-state index contributed by atoms with van der Waals surface area (Å²) in [6.07, 6.45) is 0. The van der Waals surface area contributed by atoms with Crippen LogP contribution in [-0.2, 0) is 10.0 Å². The highest BCUT2D eigenvalue weighted by Gasteiger charge is 2.20. The molecule has 21 heavy (non-hydrogen) atoms. The van der Waals surface area contributed by atoms with Gasteiger partial charge in [-0.25, -0.2) is 12.8 Å². The van der Waals surface area contributed by atoms with E-state index in [2.05, 4.69) is 4.72 Å². The van der Waals surface area contributed by atoms with Crippen LogP contribution < -0.4 is 4.72 Å². The lowest BCUT2D eigenvalue weighted by Gasteiger charge is -2.14. The predicted octanol–water partition coefficient (Wildman–Crippen LogP) is 4.21. The van der Waals surface area contributed by atoms with Crippen LogP contribution in [0.5, 0.6) is 0 Å². The van der Waals surface area contributed by atoms with E-state index in [0.29, 0.717) is 11.1 Å². The van der Waals surface area contributed by atoms with Gasteiger partial charge in [-0.05, 0) is 50.1 Å². The monoisotopic (exact) mass is 327 g/mol. The van der Waals surface area contributed by atoms with E-state index in [4.69, 9.17) is 11.6 Å².